The van der Waals surface area contributed by atoms with E-state index in [4.69, 9.17) is 5.26 Å². The van der Waals surface area contributed by atoms with Crippen LogP contribution in [-0.4, -0.2) is 48.4 Å². The van der Waals surface area contributed by atoms with Crippen LogP contribution < -0.4 is 5.32 Å². The van der Waals surface area contributed by atoms with Crippen LogP contribution in [0.3, 0.4) is 0 Å². The molecule has 0 spiro atoms. The van der Waals surface area contributed by atoms with Crippen LogP contribution in [0.4, 0.5) is 14.5 Å². The molecule has 1 aliphatic heterocycles. The van der Waals surface area contributed by atoms with Gasteiger partial charge in [-0.1, -0.05) is 24.8 Å². The Morgan fingerprint density at radius 2 is 1.93 bits per heavy atom. The van der Waals surface area contributed by atoms with Crippen molar-refractivity contribution in [1.29, 1.82) is 5.26 Å². The maximum absolute atomic E-state index is 13.4. The number of aliphatic imine (C=N–C) groups is 1. The van der Waals surface area contributed by atoms with Gasteiger partial charge in [-0.2, -0.15) is 5.26 Å². The lowest BCUT2D eigenvalue weighted by atomic mass is 10.1. The molecule has 0 atom stereocenters. The predicted molar refractivity (Wildman–Crippen MR) is 105 cm³/mol. The number of hydrogen-bond donors (Lipinski definition) is 1. The molecule has 1 heterocycles. The maximum atomic E-state index is 13.4. The summed E-state index contributed by atoms with van der Waals surface area (Å²) in [6, 6.07) is 8.19. The van der Waals surface area contributed by atoms with Crippen molar-refractivity contribution in [3.05, 3.63) is 54.4 Å². The zero-order valence-electron chi connectivity index (χ0n) is 15.8. The second kappa shape index (κ2) is 9.28. The number of amidine groups is 1. The number of benzene rings is 1. The Morgan fingerprint density at radius 1 is 1.30 bits per heavy atom. The van der Waals surface area contributed by atoms with Crippen LogP contribution in [0, 0.1) is 11.3 Å². The number of allylic oxidation sites excluding steroid dienone is 1. The highest BCUT2D eigenvalue weighted by Crippen LogP contribution is 2.28. The fourth-order valence-corrected chi connectivity index (χ4v) is 2.79. The molecule has 1 N–H and O–H groups in total. The van der Waals surface area contributed by atoms with E-state index in [9.17, 15) is 8.78 Å². The van der Waals surface area contributed by atoms with Crippen molar-refractivity contribution >= 4 is 11.5 Å². The first-order valence-electron chi connectivity index (χ1n) is 8.83. The van der Waals surface area contributed by atoms with E-state index >= 15 is 0 Å². The van der Waals surface area contributed by atoms with Crippen molar-refractivity contribution in [1.82, 2.24) is 9.80 Å². The van der Waals surface area contributed by atoms with Crippen LogP contribution in [0.25, 0.3) is 0 Å². The van der Waals surface area contributed by atoms with Crippen molar-refractivity contribution in [2.24, 2.45) is 4.99 Å². The van der Waals surface area contributed by atoms with Crippen LogP contribution >= 0.6 is 0 Å². The van der Waals surface area contributed by atoms with E-state index in [1.165, 1.54) is 12.1 Å². The zero-order valence-corrected chi connectivity index (χ0v) is 15.8. The molecule has 0 unspecified atom stereocenters. The molecular formula is C20H25F2N5. The fourth-order valence-electron chi connectivity index (χ4n) is 2.79. The van der Waals surface area contributed by atoms with E-state index in [1.54, 1.807) is 18.3 Å². The van der Waals surface area contributed by atoms with Gasteiger partial charge in [-0.05, 0) is 19.1 Å². The molecule has 1 aromatic carbocycles. The van der Waals surface area contributed by atoms with E-state index in [1.807, 2.05) is 13.0 Å². The number of rotatable bonds is 6. The number of nitriles is 1. The van der Waals surface area contributed by atoms with E-state index < -0.39 is 5.92 Å². The molecule has 1 saturated heterocycles. The molecule has 0 aromatic heterocycles. The molecule has 1 aromatic rings. The molecule has 0 saturated carbocycles. The van der Waals surface area contributed by atoms with Crippen molar-refractivity contribution in [3.63, 3.8) is 0 Å². The summed E-state index contributed by atoms with van der Waals surface area (Å²) in [5.74, 6) is -2.16. The maximum Gasteiger partial charge on any atom is 0.270 e. The number of alkyl halides is 2. The van der Waals surface area contributed by atoms with Gasteiger partial charge >= 0.3 is 0 Å². The summed E-state index contributed by atoms with van der Waals surface area (Å²) in [5.41, 5.74) is 1.23. The topological polar surface area (TPSA) is 54.7 Å². The number of halogens is 2. The first-order valence-corrected chi connectivity index (χ1v) is 8.83. The summed E-state index contributed by atoms with van der Waals surface area (Å²) in [6.07, 6.45) is 3.53. The lowest BCUT2D eigenvalue weighted by molar-refractivity contribution is 0.0175. The molecule has 144 valence electrons. The third-order valence-corrected chi connectivity index (χ3v) is 4.27. The number of nitrogens with one attached hydrogen (secondary N) is 1. The first-order chi connectivity index (χ1) is 12.8. The number of anilines is 1. The average molecular weight is 373 g/mol. The molecule has 0 radical (unpaired) electrons. The molecule has 1 fully saturated rings. The SMILES string of the molecule is C=C(Nc1ccc(C(C)(F)F)cc1)/C(=N\C=C/C)N1CCN(CC#N)CC1. The monoisotopic (exact) mass is 373 g/mol. The lowest BCUT2D eigenvalue weighted by Gasteiger charge is -2.35. The molecule has 2 rings (SSSR count). The summed E-state index contributed by atoms with van der Waals surface area (Å²) in [4.78, 5) is 8.68. The van der Waals surface area contributed by atoms with E-state index in [2.05, 4.69) is 32.8 Å². The van der Waals surface area contributed by atoms with Crippen LogP contribution in [0.15, 0.2) is 53.8 Å². The molecular weight excluding hydrogens is 348 g/mol. The van der Waals surface area contributed by atoms with E-state index in [0.717, 1.165) is 33.1 Å². The van der Waals surface area contributed by atoms with Crippen LogP contribution in [0.1, 0.15) is 19.4 Å². The second-order valence-electron chi connectivity index (χ2n) is 6.43. The molecule has 7 heteroatoms. The van der Waals surface area contributed by atoms with Gasteiger partial charge in [0.2, 0.25) is 0 Å². The number of piperazine rings is 1. The van der Waals surface area contributed by atoms with Gasteiger partial charge in [0.15, 0.2) is 5.84 Å². The smallest absolute Gasteiger partial charge is 0.270 e. The van der Waals surface area contributed by atoms with Gasteiger partial charge in [0.25, 0.3) is 5.92 Å². The largest absolute Gasteiger partial charge is 0.353 e. The molecule has 0 amide bonds. The minimum atomic E-state index is -2.86. The summed E-state index contributed by atoms with van der Waals surface area (Å²) >= 11 is 0. The van der Waals surface area contributed by atoms with Gasteiger partial charge in [-0.15, -0.1) is 0 Å². The Labute approximate surface area is 159 Å². The summed E-state index contributed by atoms with van der Waals surface area (Å²) in [5, 5.41) is 12.0. The second-order valence-corrected chi connectivity index (χ2v) is 6.43. The summed E-state index contributed by atoms with van der Waals surface area (Å²) < 4.78 is 26.7. The molecule has 1 aliphatic rings. The zero-order chi connectivity index (χ0) is 19.9. The van der Waals surface area contributed by atoms with Crippen molar-refractivity contribution in [2.75, 3.05) is 38.0 Å². The van der Waals surface area contributed by atoms with Crippen molar-refractivity contribution < 1.29 is 8.78 Å². The van der Waals surface area contributed by atoms with Crippen molar-refractivity contribution in [3.8, 4) is 6.07 Å². The Kier molecular flexibility index (Phi) is 7.08. The van der Waals surface area contributed by atoms with Crippen LogP contribution in [0.2, 0.25) is 0 Å². The molecule has 0 aliphatic carbocycles. The van der Waals surface area contributed by atoms with Gasteiger partial charge in [0.05, 0.1) is 18.3 Å². The highest BCUT2D eigenvalue weighted by Gasteiger charge is 2.24. The Balaban J connectivity index is 2.08. The molecule has 5 nitrogen and oxygen atoms in total. The highest BCUT2D eigenvalue weighted by molar-refractivity contribution is 6.00. The fraction of sp³-hybridized carbons (Fsp3) is 0.400. The van der Waals surface area contributed by atoms with E-state index in [0.29, 0.717) is 23.8 Å². The standard InChI is InChI=1S/C20H25F2N5/c1-4-10-24-19(27-14-12-26(11-9-23)13-15-27)16(2)25-18-7-5-17(6-8-18)20(3,21)22/h4-8,10,25H,2,11-15H2,1,3H3/b10-4-,24-19+. The Morgan fingerprint density at radius 3 is 2.44 bits per heavy atom. The third kappa shape index (κ3) is 5.90. The minimum Gasteiger partial charge on any atom is -0.353 e. The molecule has 27 heavy (non-hydrogen) atoms. The van der Waals surface area contributed by atoms with Gasteiger partial charge < -0.3 is 10.2 Å². The normalized spacial score (nSPS) is 16.4. The van der Waals surface area contributed by atoms with Crippen molar-refractivity contribution in [2.45, 2.75) is 19.8 Å². The Bertz CT molecular complexity index is 733. The summed E-state index contributed by atoms with van der Waals surface area (Å²) in [7, 11) is 0. The van der Waals surface area contributed by atoms with Gasteiger partial charge in [-0.25, -0.2) is 13.8 Å². The average Bonchev–Trinajstić information content (AvgIpc) is 2.63. The highest BCUT2D eigenvalue weighted by atomic mass is 19.3. The van der Waals surface area contributed by atoms with Gasteiger partial charge in [-0.3, -0.25) is 4.90 Å². The van der Waals surface area contributed by atoms with E-state index in [-0.39, 0.29) is 5.56 Å². The lowest BCUT2D eigenvalue weighted by Crippen LogP contribution is -2.49. The minimum absolute atomic E-state index is 0.0323. The molecule has 0 bridgehead atoms. The first kappa shape index (κ1) is 20.6. The quantitative estimate of drug-likeness (QED) is 0.468. The number of hydrogen-bond acceptors (Lipinski definition) is 4. The number of nitrogens with zero attached hydrogens (tertiary/aromatic N) is 4. The van der Waals surface area contributed by atoms with Gasteiger partial charge in [0, 0.05) is 50.6 Å². The van der Waals surface area contributed by atoms with Crippen LogP contribution in [0.5, 0.6) is 0 Å². The summed E-state index contributed by atoms with van der Waals surface area (Å²) in [6.45, 7) is 10.3. The third-order valence-electron chi connectivity index (χ3n) is 4.27. The van der Waals surface area contributed by atoms with Gasteiger partial charge in [0.1, 0.15) is 0 Å². The predicted octanol–water partition coefficient (Wildman–Crippen LogP) is 3.80. The van der Waals surface area contributed by atoms with Crippen LogP contribution in [-0.2, 0) is 5.92 Å². The Hall–Kier alpha value is -2.72.